The first-order chi connectivity index (χ1) is 7.65. The van der Waals surface area contributed by atoms with Crippen molar-refractivity contribution < 1.29 is 9.53 Å². The van der Waals surface area contributed by atoms with E-state index in [4.69, 9.17) is 11.2 Å². The van der Waals surface area contributed by atoms with Gasteiger partial charge >= 0.3 is 0 Å². The van der Waals surface area contributed by atoms with E-state index in [1.165, 1.54) is 0 Å². The molecule has 0 heterocycles. The molecule has 0 spiro atoms. The van der Waals surface area contributed by atoms with E-state index in [1.54, 1.807) is 0 Å². The molecule has 84 valence electrons. The number of benzene rings is 1. The number of carbonyl (C=O) groups is 1. The summed E-state index contributed by atoms with van der Waals surface area (Å²) in [4.78, 5) is 11.3. The Kier molecular flexibility index (Phi) is 4.41. The van der Waals surface area contributed by atoms with Crippen LogP contribution >= 0.6 is 0 Å². The lowest BCUT2D eigenvalue weighted by Gasteiger charge is -2.11. The van der Waals surface area contributed by atoms with Gasteiger partial charge in [0.15, 0.2) is 6.61 Å². The van der Waals surface area contributed by atoms with Crippen LogP contribution in [0.4, 0.5) is 0 Å². The Balaban J connectivity index is 2.55. The largest absolute Gasteiger partial charge is 0.483 e. The monoisotopic (exact) mass is 217 g/mol. The normalized spacial score (nSPS) is 9.31. The van der Waals surface area contributed by atoms with E-state index in [0.29, 0.717) is 0 Å². The van der Waals surface area contributed by atoms with Crippen LogP contribution in [0.5, 0.6) is 5.75 Å². The summed E-state index contributed by atoms with van der Waals surface area (Å²) < 4.78 is 5.45. The fourth-order valence-corrected chi connectivity index (χ4v) is 1.37. The third-order valence-corrected chi connectivity index (χ3v) is 2.14. The molecule has 0 radical (unpaired) electrons. The zero-order valence-electron chi connectivity index (χ0n) is 9.54. The summed E-state index contributed by atoms with van der Waals surface area (Å²) in [5, 5.41) is 2.54. The Morgan fingerprint density at radius 2 is 2.06 bits per heavy atom. The van der Waals surface area contributed by atoms with Gasteiger partial charge in [0.05, 0.1) is 6.54 Å². The lowest BCUT2D eigenvalue weighted by atomic mass is 10.1. The molecular formula is C13H15NO2. The fraction of sp³-hybridized carbons (Fsp3) is 0.308. The molecule has 0 atom stereocenters. The smallest absolute Gasteiger partial charge is 0.258 e. The molecular weight excluding hydrogens is 202 g/mol. The standard InChI is InChI=1S/C13H15NO2/c1-4-8-14-12(15)9-16-13-10(2)6-5-7-11(13)3/h1,5-7H,8-9H2,2-3H3,(H,14,15). The molecule has 1 rings (SSSR count). The van der Waals surface area contributed by atoms with Crippen LogP contribution in [-0.2, 0) is 4.79 Å². The number of nitrogens with one attached hydrogen (secondary N) is 1. The minimum absolute atomic E-state index is 0.00657. The second kappa shape index (κ2) is 5.82. The van der Waals surface area contributed by atoms with E-state index in [2.05, 4.69) is 11.2 Å². The summed E-state index contributed by atoms with van der Waals surface area (Å²) in [6, 6.07) is 5.85. The zero-order valence-corrected chi connectivity index (χ0v) is 9.54. The maximum Gasteiger partial charge on any atom is 0.258 e. The molecule has 0 saturated carbocycles. The minimum atomic E-state index is -0.208. The maximum absolute atomic E-state index is 11.3. The molecule has 0 aliphatic rings. The van der Waals surface area contributed by atoms with Crippen LogP contribution in [0.3, 0.4) is 0 Å². The van der Waals surface area contributed by atoms with E-state index in [1.807, 2.05) is 32.0 Å². The Morgan fingerprint density at radius 1 is 1.44 bits per heavy atom. The summed E-state index contributed by atoms with van der Waals surface area (Å²) in [5.41, 5.74) is 2.04. The predicted molar refractivity (Wildman–Crippen MR) is 63.3 cm³/mol. The van der Waals surface area contributed by atoms with E-state index >= 15 is 0 Å². The first kappa shape index (κ1) is 12.1. The number of rotatable bonds is 4. The molecule has 0 saturated heterocycles. The van der Waals surface area contributed by atoms with Crippen LogP contribution in [0.15, 0.2) is 18.2 Å². The quantitative estimate of drug-likeness (QED) is 0.775. The van der Waals surface area contributed by atoms with Gasteiger partial charge in [-0.25, -0.2) is 0 Å². The molecule has 16 heavy (non-hydrogen) atoms. The first-order valence-corrected chi connectivity index (χ1v) is 5.04. The SMILES string of the molecule is C#CCNC(=O)COc1c(C)cccc1C. The van der Waals surface area contributed by atoms with Crippen LogP contribution < -0.4 is 10.1 Å². The van der Waals surface area contributed by atoms with Crippen molar-refractivity contribution in [3.05, 3.63) is 29.3 Å². The van der Waals surface area contributed by atoms with Crippen LogP contribution in [0, 0.1) is 26.2 Å². The highest BCUT2D eigenvalue weighted by atomic mass is 16.5. The van der Waals surface area contributed by atoms with Crippen molar-refractivity contribution >= 4 is 5.91 Å². The van der Waals surface area contributed by atoms with Gasteiger partial charge in [-0.2, -0.15) is 0 Å². The van der Waals surface area contributed by atoms with Gasteiger partial charge in [-0.3, -0.25) is 4.79 Å². The molecule has 1 N–H and O–H groups in total. The Labute approximate surface area is 95.8 Å². The molecule has 0 fully saturated rings. The van der Waals surface area contributed by atoms with E-state index in [9.17, 15) is 4.79 Å². The number of amides is 1. The van der Waals surface area contributed by atoms with Crippen LogP contribution in [0.2, 0.25) is 0 Å². The van der Waals surface area contributed by atoms with Gasteiger partial charge in [-0.1, -0.05) is 24.1 Å². The molecule has 0 unspecified atom stereocenters. The van der Waals surface area contributed by atoms with Gasteiger partial charge in [-0.05, 0) is 25.0 Å². The van der Waals surface area contributed by atoms with Crippen molar-refractivity contribution in [2.45, 2.75) is 13.8 Å². The Morgan fingerprint density at radius 3 is 2.62 bits per heavy atom. The summed E-state index contributed by atoms with van der Waals surface area (Å²) in [7, 11) is 0. The number of hydrogen-bond acceptors (Lipinski definition) is 2. The molecule has 3 nitrogen and oxygen atoms in total. The van der Waals surface area contributed by atoms with Crippen LogP contribution in [-0.4, -0.2) is 19.1 Å². The average Bonchev–Trinajstić information content (AvgIpc) is 2.25. The Hall–Kier alpha value is -1.95. The third kappa shape index (κ3) is 3.32. The second-order valence-corrected chi connectivity index (χ2v) is 3.49. The average molecular weight is 217 g/mol. The van der Waals surface area contributed by atoms with Crippen molar-refractivity contribution in [1.82, 2.24) is 5.32 Å². The molecule has 0 bridgehead atoms. The number of hydrogen-bond donors (Lipinski definition) is 1. The molecule has 1 aromatic carbocycles. The number of carbonyl (C=O) groups excluding carboxylic acids is 1. The highest BCUT2D eigenvalue weighted by Gasteiger charge is 2.05. The summed E-state index contributed by atoms with van der Waals surface area (Å²) in [5.74, 6) is 2.89. The van der Waals surface area contributed by atoms with E-state index in [0.717, 1.165) is 16.9 Å². The van der Waals surface area contributed by atoms with Gasteiger partial charge in [0.25, 0.3) is 5.91 Å². The highest BCUT2D eigenvalue weighted by molar-refractivity contribution is 5.77. The van der Waals surface area contributed by atoms with Crippen molar-refractivity contribution in [2.75, 3.05) is 13.2 Å². The van der Waals surface area contributed by atoms with Crippen molar-refractivity contribution in [3.8, 4) is 18.1 Å². The lowest BCUT2D eigenvalue weighted by Crippen LogP contribution is -2.29. The summed E-state index contributed by atoms with van der Waals surface area (Å²) >= 11 is 0. The van der Waals surface area contributed by atoms with Gasteiger partial charge < -0.3 is 10.1 Å². The number of para-hydroxylation sites is 1. The predicted octanol–water partition coefficient (Wildman–Crippen LogP) is 1.43. The van der Waals surface area contributed by atoms with Crippen LogP contribution in [0.25, 0.3) is 0 Å². The van der Waals surface area contributed by atoms with Crippen molar-refractivity contribution in [2.24, 2.45) is 0 Å². The molecule has 0 aromatic heterocycles. The minimum Gasteiger partial charge on any atom is -0.483 e. The Bertz CT molecular complexity index is 398. The van der Waals surface area contributed by atoms with Gasteiger partial charge in [0, 0.05) is 0 Å². The topological polar surface area (TPSA) is 38.3 Å². The molecule has 1 aromatic rings. The van der Waals surface area contributed by atoms with Crippen molar-refractivity contribution in [3.63, 3.8) is 0 Å². The van der Waals surface area contributed by atoms with E-state index < -0.39 is 0 Å². The van der Waals surface area contributed by atoms with Gasteiger partial charge in [0.1, 0.15) is 5.75 Å². The second-order valence-electron chi connectivity index (χ2n) is 3.49. The zero-order chi connectivity index (χ0) is 12.0. The summed E-state index contributed by atoms with van der Waals surface area (Å²) in [6.07, 6.45) is 5.03. The maximum atomic E-state index is 11.3. The van der Waals surface area contributed by atoms with Gasteiger partial charge in [-0.15, -0.1) is 6.42 Å². The number of ether oxygens (including phenoxy) is 1. The number of aryl methyl sites for hydroxylation is 2. The number of terminal acetylenes is 1. The summed E-state index contributed by atoms with van der Waals surface area (Å²) in [6.45, 7) is 4.12. The highest BCUT2D eigenvalue weighted by Crippen LogP contribution is 2.21. The first-order valence-electron chi connectivity index (χ1n) is 5.04. The molecule has 0 aliphatic heterocycles. The molecule has 3 heteroatoms. The third-order valence-electron chi connectivity index (χ3n) is 2.14. The van der Waals surface area contributed by atoms with Crippen LogP contribution in [0.1, 0.15) is 11.1 Å². The lowest BCUT2D eigenvalue weighted by molar-refractivity contribution is -0.122. The van der Waals surface area contributed by atoms with Crippen molar-refractivity contribution in [1.29, 1.82) is 0 Å². The molecule has 0 aliphatic carbocycles. The fourth-order valence-electron chi connectivity index (χ4n) is 1.37. The molecule has 1 amide bonds. The van der Waals surface area contributed by atoms with Gasteiger partial charge in [0.2, 0.25) is 0 Å². The van der Waals surface area contributed by atoms with E-state index in [-0.39, 0.29) is 19.1 Å².